The average molecular weight is 166 g/mol. The van der Waals surface area contributed by atoms with Gasteiger partial charge in [-0.15, -0.1) is 0 Å². The summed E-state index contributed by atoms with van der Waals surface area (Å²) in [5, 5.41) is 0. The van der Waals surface area contributed by atoms with Crippen LogP contribution in [0.3, 0.4) is 0 Å². The average Bonchev–Trinajstić information content (AvgIpc) is 2.01. The first-order chi connectivity index (χ1) is 5.57. The zero-order chi connectivity index (χ0) is 9.30. The third-order valence-corrected chi connectivity index (χ3v) is 1.86. The molecule has 1 rings (SSSR count). The van der Waals surface area contributed by atoms with Crippen molar-refractivity contribution in [3.8, 4) is 0 Å². The van der Waals surface area contributed by atoms with Crippen LogP contribution in [0.25, 0.3) is 0 Å². The molecule has 0 aliphatic rings. The van der Waals surface area contributed by atoms with E-state index in [2.05, 4.69) is 4.98 Å². The summed E-state index contributed by atoms with van der Waals surface area (Å²) in [7, 11) is 1.59. The molecule has 0 radical (unpaired) electrons. The molecule has 0 aromatic carbocycles. The molecule has 64 valence electrons. The summed E-state index contributed by atoms with van der Waals surface area (Å²) >= 11 is 0. The highest BCUT2D eigenvalue weighted by atomic mass is 16.1. The van der Waals surface area contributed by atoms with Crippen molar-refractivity contribution in [1.82, 2.24) is 9.55 Å². The smallest absolute Gasteiger partial charge is 0.264 e. The van der Waals surface area contributed by atoms with Gasteiger partial charge < -0.3 is 0 Å². The lowest BCUT2D eigenvalue weighted by Gasteiger charge is -2.04. The molecular weight excluding hydrogens is 156 g/mol. The lowest BCUT2D eigenvalue weighted by Crippen LogP contribution is -2.25. The molecule has 0 atom stereocenters. The Hall–Kier alpha value is -1.45. The van der Waals surface area contributed by atoms with Gasteiger partial charge in [0.15, 0.2) is 6.29 Å². The molecule has 0 N–H and O–H groups in total. The minimum atomic E-state index is -0.282. The third kappa shape index (κ3) is 1.15. The van der Waals surface area contributed by atoms with E-state index in [1.54, 1.807) is 20.9 Å². The molecule has 0 saturated carbocycles. The number of carbonyl (C=O) groups excluding carboxylic acids is 1. The minimum absolute atomic E-state index is 0.142. The topological polar surface area (TPSA) is 52.0 Å². The maximum atomic E-state index is 11.3. The van der Waals surface area contributed by atoms with Crippen molar-refractivity contribution in [3.05, 3.63) is 27.4 Å². The normalized spacial score (nSPS) is 9.92. The fraction of sp³-hybridized carbons (Fsp3) is 0.375. The number of aromatic nitrogens is 2. The van der Waals surface area contributed by atoms with Gasteiger partial charge in [-0.1, -0.05) is 0 Å². The van der Waals surface area contributed by atoms with Crippen LogP contribution >= 0.6 is 0 Å². The van der Waals surface area contributed by atoms with Gasteiger partial charge >= 0.3 is 0 Å². The number of aldehydes is 1. The van der Waals surface area contributed by atoms with Crippen LogP contribution in [0.2, 0.25) is 0 Å². The molecule has 0 fully saturated rings. The minimum Gasteiger partial charge on any atom is -0.299 e. The zero-order valence-electron chi connectivity index (χ0n) is 7.29. The highest BCUT2D eigenvalue weighted by Crippen LogP contribution is 1.96. The van der Waals surface area contributed by atoms with E-state index in [0.29, 0.717) is 17.8 Å². The fourth-order valence-corrected chi connectivity index (χ4v) is 0.996. The van der Waals surface area contributed by atoms with Crippen LogP contribution in [0, 0.1) is 13.8 Å². The first-order valence-electron chi connectivity index (χ1n) is 3.57. The van der Waals surface area contributed by atoms with Gasteiger partial charge in [0.1, 0.15) is 11.4 Å². The number of carbonyl (C=O) groups is 1. The van der Waals surface area contributed by atoms with Crippen LogP contribution in [0.4, 0.5) is 0 Å². The predicted molar refractivity (Wildman–Crippen MR) is 44.3 cm³/mol. The van der Waals surface area contributed by atoms with Gasteiger partial charge in [0, 0.05) is 7.05 Å². The van der Waals surface area contributed by atoms with Crippen molar-refractivity contribution in [1.29, 1.82) is 0 Å². The Morgan fingerprint density at radius 2 is 2.00 bits per heavy atom. The van der Waals surface area contributed by atoms with Gasteiger partial charge in [0.05, 0.1) is 5.69 Å². The summed E-state index contributed by atoms with van der Waals surface area (Å²) in [6.07, 6.45) is 0.546. The monoisotopic (exact) mass is 166 g/mol. The predicted octanol–water partition coefficient (Wildman–Crippen LogP) is 0.210. The Morgan fingerprint density at radius 1 is 1.42 bits per heavy atom. The fourth-order valence-electron chi connectivity index (χ4n) is 0.996. The summed E-state index contributed by atoms with van der Waals surface area (Å²) in [5.41, 5.74) is 0.351. The standard InChI is InChI=1S/C8H10N2O2/c1-5-7(4-11)8(12)10(3)6(2)9-5/h4H,1-3H3. The quantitative estimate of drug-likeness (QED) is 0.560. The molecule has 0 saturated heterocycles. The second-order valence-electron chi connectivity index (χ2n) is 2.64. The van der Waals surface area contributed by atoms with E-state index in [9.17, 15) is 9.59 Å². The molecule has 1 aromatic rings. The molecule has 12 heavy (non-hydrogen) atoms. The van der Waals surface area contributed by atoms with Crippen molar-refractivity contribution in [2.75, 3.05) is 0 Å². The summed E-state index contributed by atoms with van der Waals surface area (Å²) in [4.78, 5) is 25.8. The van der Waals surface area contributed by atoms with Crippen LogP contribution in [0.15, 0.2) is 4.79 Å². The van der Waals surface area contributed by atoms with E-state index >= 15 is 0 Å². The summed E-state index contributed by atoms with van der Waals surface area (Å²) < 4.78 is 1.36. The van der Waals surface area contributed by atoms with Crippen molar-refractivity contribution in [3.63, 3.8) is 0 Å². The second-order valence-corrected chi connectivity index (χ2v) is 2.64. The Balaban J connectivity index is 3.63. The van der Waals surface area contributed by atoms with Crippen LogP contribution in [-0.4, -0.2) is 15.8 Å². The van der Waals surface area contributed by atoms with Crippen molar-refractivity contribution in [2.45, 2.75) is 13.8 Å². The first kappa shape index (κ1) is 8.64. The lowest BCUT2D eigenvalue weighted by atomic mass is 10.2. The van der Waals surface area contributed by atoms with Crippen LogP contribution in [-0.2, 0) is 7.05 Å². The number of hydrogen-bond donors (Lipinski definition) is 0. The Kier molecular flexibility index (Phi) is 2.08. The first-order valence-corrected chi connectivity index (χ1v) is 3.57. The maximum Gasteiger partial charge on any atom is 0.264 e. The zero-order valence-corrected chi connectivity index (χ0v) is 7.29. The molecule has 0 aliphatic heterocycles. The van der Waals surface area contributed by atoms with Gasteiger partial charge in [0.2, 0.25) is 0 Å². The van der Waals surface area contributed by atoms with Gasteiger partial charge in [0.25, 0.3) is 5.56 Å². The van der Waals surface area contributed by atoms with E-state index in [1.807, 2.05) is 0 Å². The molecule has 4 heteroatoms. The summed E-state index contributed by atoms with van der Waals surface area (Å²) in [6, 6.07) is 0. The number of rotatable bonds is 1. The lowest BCUT2D eigenvalue weighted by molar-refractivity contribution is 0.112. The van der Waals surface area contributed by atoms with E-state index in [4.69, 9.17) is 0 Å². The molecule has 0 aliphatic carbocycles. The van der Waals surface area contributed by atoms with Crippen LogP contribution in [0.5, 0.6) is 0 Å². The molecule has 0 spiro atoms. The highest BCUT2D eigenvalue weighted by molar-refractivity contribution is 5.75. The van der Waals surface area contributed by atoms with Gasteiger partial charge in [-0.05, 0) is 13.8 Å². The molecule has 0 bridgehead atoms. The van der Waals surface area contributed by atoms with Crippen molar-refractivity contribution in [2.24, 2.45) is 7.05 Å². The number of nitrogens with zero attached hydrogens (tertiary/aromatic N) is 2. The Labute approximate surface area is 69.9 Å². The highest BCUT2D eigenvalue weighted by Gasteiger charge is 2.07. The summed E-state index contributed by atoms with van der Waals surface area (Å²) in [6.45, 7) is 3.38. The van der Waals surface area contributed by atoms with Crippen LogP contribution < -0.4 is 5.56 Å². The van der Waals surface area contributed by atoms with E-state index < -0.39 is 0 Å². The molecule has 4 nitrogen and oxygen atoms in total. The van der Waals surface area contributed by atoms with Crippen molar-refractivity contribution >= 4 is 6.29 Å². The number of hydrogen-bond acceptors (Lipinski definition) is 3. The Bertz CT molecular complexity index is 379. The van der Waals surface area contributed by atoms with Crippen LogP contribution in [0.1, 0.15) is 21.9 Å². The largest absolute Gasteiger partial charge is 0.299 e. The SMILES string of the molecule is Cc1nc(C)n(C)c(=O)c1C=O. The van der Waals surface area contributed by atoms with E-state index in [0.717, 1.165) is 0 Å². The summed E-state index contributed by atoms with van der Waals surface area (Å²) in [5.74, 6) is 0.614. The van der Waals surface area contributed by atoms with Gasteiger partial charge in [-0.2, -0.15) is 0 Å². The van der Waals surface area contributed by atoms with Gasteiger partial charge in [-0.25, -0.2) is 4.98 Å². The maximum absolute atomic E-state index is 11.3. The molecule has 0 amide bonds. The van der Waals surface area contributed by atoms with E-state index in [-0.39, 0.29) is 11.1 Å². The van der Waals surface area contributed by atoms with Crippen molar-refractivity contribution < 1.29 is 4.79 Å². The molecule has 1 heterocycles. The number of aryl methyl sites for hydroxylation is 2. The van der Waals surface area contributed by atoms with Gasteiger partial charge in [-0.3, -0.25) is 14.2 Å². The molecular formula is C8H10N2O2. The molecule has 1 aromatic heterocycles. The molecule has 0 unspecified atom stereocenters. The second kappa shape index (κ2) is 2.89. The Morgan fingerprint density at radius 3 is 2.50 bits per heavy atom. The van der Waals surface area contributed by atoms with E-state index in [1.165, 1.54) is 4.57 Å². The third-order valence-electron chi connectivity index (χ3n) is 1.86.